The van der Waals surface area contributed by atoms with Crippen LogP contribution < -0.4 is 10.3 Å². The molecular weight excluding hydrogens is 559 g/mol. The van der Waals surface area contributed by atoms with Gasteiger partial charge in [-0.3, -0.25) is 4.79 Å². The number of rotatable bonds is 7. The summed E-state index contributed by atoms with van der Waals surface area (Å²) in [6.07, 6.45) is -4.90. The predicted molar refractivity (Wildman–Crippen MR) is 155 cm³/mol. The van der Waals surface area contributed by atoms with Crippen LogP contribution in [0.5, 0.6) is 11.5 Å². The number of esters is 1. The minimum atomic E-state index is -4.90. The Hall–Kier alpha value is -5.30. The van der Waals surface area contributed by atoms with E-state index in [0.29, 0.717) is 28.3 Å². The molecule has 5 aromatic rings. The van der Waals surface area contributed by atoms with Crippen molar-refractivity contribution < 1.29 is 27.4 Å². The maximum absolute atomic E-state index is 13.9. The number of aromatic amines is 1. The van der Waals surface area contributed by atoms with E-state index in [4.69, 9.17) is 9.47 Å². The van der Waals surface area contributed by atoms with Gasteiger partial charge < -0.3 is 19.0 Å². The van der Waals surface area contributed by atoms with Gasteiger partial charge in [-0.1, -0.05) is 23.8 Å². The number of carbonyl (C=O) groups is 1. The molecule has 1 N–H and O–H groups in total. The fraction of sp³-hybridized carbons (Fsp3) is 0.182. The van der Waals surface area contributed by atoms with Crippen molar-refractivity contribution >= 4 is 16.9 Å². The second-order valence-electron chi connectivity index (χ2n) is 10.0. The van der Waals surface area contributed by atoms with Gasteiger partial charge in [-0.2, -0.15) is 18.4 Å². The van der Waals surface area contributed by atoms with Crippen LogP contribution in [-0.4, -0.2) is 22.1 Å². The molecule has 2 aromatic heterocycles. The van der Waals surface area contributed by atoms with E-state index in [9.17, 15) is 28.0 Å². The van der Waals surface area contributed by atoms with Crippen LogP contribution >= 0.6 is 0 Å². The van der Waals surface area contributed by atoms with E-state index in [2.05, 4.69) is 4.98 Å². The number of aromatic nitrogens is 2. The van der Waals surface area contributed by atoms with Crippen molar-refractivity contribution in [2.24, 2.45) is 0 Å². The van der Waals surface area contributed by atoms with E-state index in [1.807, 2.05) is 32.0 Å². The number of alkyl halides is 3. The highest BCUT2D eigenvalue weighted by atomic mass is 19.4. The Morgan fingerprint density at radius 2 is 1.70 bits per heavy atom. The molecule has 0 saturated carbocycles. The van der Waals surface area contributed by atoms with Crippen LogP contribution in [-0.2, 0) is 17.5 Å². The number of nitriles is 1. The fourth-order valence-electron chi connectivity index (χ4n) is 4.89. The molecule has 0 aliphatic carbocycles. The number of halogens is 3. The highest BCUT2D eigenvalue weighted by molar-refractivity contribution is 5.95. The summed E-state index contributed by atoms with van der Waals surface area (Å²) in [6, 6.07) is 21.1. The Balaban J connectivity index is 1.51. The quantitative estimate of drug-likeness (QED) is 0.199. The summed E-state index contributed by atoms with van der Waals surface area (Å²) in [5, 5.41) is 10.3. The van der Waals surface area contributed by atoms with Gasteiger partial charge in [0.1, 0.15) is 28.8 Å². The zero-order valence-corrected chi connectivity index (χ0v) is 23.5. The van der Waals surface area contributed by atoms with E-state index >= 15 is 0 Å². The van der Waals surface area contributed by atoms with Crippen molar-refractivity contribution in [1.29, 1.82) is 5.26 Å². The van der Waals surface area contributed by atoms with Crippen molar-refractivity contribution in [1.82, 2.24) is 9.55 Å². The van der Waals surface area contributed by atoms with Crippen LogP contribution in [0.3, 0.4) is 0 Å². The molecule has 10 heteroatoms. The first-order valence-electron chi connectivity index (χ1n) is 13.4. The third kappa shape index (κ3) is 6.02. The van der Waals surface area contributed by atoms with Crippen LogP contribution in [0.4, 0.5) is 13.2 Å². The molecule has 3 aromatic carbocycles. The molecule has 5 rings (SSSR count). The number of ether oxygens (including phenoxy) is 2. The Kier molecular flexibility index (Phi) is 7.83. The normalized spacial score (nSPS) is 11.4. The number of nitrogens with zero attached hydrogens (tertiary/aromatic N) is 2. The SMILES string of the molecule is CCOC(=O)c1cc2ccc(Oc3ccc(-c4cc(C(F)(F)F)c(C#N)c(=O)n4Cc4ccc(C)cc4C)cc3)cc2[nH]1. The van der Waals surface area contributed by atoms with Gasteiger partial charge in [0.25, 0.3) is 5.56 Å². The van der Waals surface area contributed by atoms with Crippen LogP contribution in [0.2, 0.25) is 0 Å². The summed E-state index contributed by atoms with van der Waals surface area (Å²) >= 11 is 0. The van der Waals surface area contributed by atoms with Gasteiger partial charge in [0.15, 0.2) is 0 Å². The molecular formula is C33H26F3N3O4. The molecule has 0 fully saturated rings. The fourth-order valence-corrected chi connectivity index (χ4v) is 4.89. The summed E-state index contributed by atoms with van der Waals surface area (Å²) in [7, 11) is 0. The first kappa shape index (κ1) is 29.2. The zero-order chi connectivity index (χ0) is 30.9. The molecule has 0 amide bonds. The Bertz CT molecular complexity index is 1950. The monoisotopic (exact) mass is 585 g/mol. The van der Waals surface area contributed by atoms with E-state index in [0.717, 1.165) is 28.1 Å². The lowest BCUT2D eigenvalue weighted by molar-refractivity contribution is -0.137. The van der Waals surface area contributed by atoms with Crippen LogP contribution in [0.1, 0.15) is 45.2 Å². The highest BCUT2D eigenvalue weighted by Crippen LogP contribution is 2.35. The molecule has 0 atom stereocenters. The van der Waals surface area contributed by atoms with Crippen molar-refractivity contribution in [3.8, 4) is 28.8 Å². The van der Waals surface area contributed by atoms with E-state index < -0.39 is 28.8 Å². The van der Waals surface area contributed by atoms with Crippen molar-refractivity contribution in [2.45, 2.75) is 33.5 Å². The average Bonchev–Trinajstić information content (AvgIpc) is 3.39. The van der Waals surface area contributed by atoms with Gasteiger partial charge in [0, 0.05) is 17.0 Å². The first-order chi connectivity index (χ1) is 20.5. The third-order valence-corrected chi connectivity index (χ3v) is 7.02. The number of carbonyl (C=O) groups excluding carboxylic acids is 1. The van der Waals surface area contributed by atoms with Crippen molar-refractivity contribution in [3.63, 3.8) is 0 Å². The predicted octanol–water partition coefficient (Wildman–Crippen LogP) is 7.52. The summed E-state index contributed by atoms with van der Waals surface area (Å²) in [4.78, 5) is 28.4. The number of hydrogen-bond acceptors (Lipinski definition) is 5. The van der Waals surface area contributed by atoms with Gasteiger partial charge in [0.05, 0.1) is 24.4 Å². The van der Waals surface area contributed by atoms with Crippen LogP contribution in [0.15, 0.2) is 77.6 Å². The number of benzene rings is 3. The molecule has 0 aliphatic heterocycles. The number of H-pyrrole nitrogens is 1. The third-order valence-electron chi connectivity index (χ3n) is 7.02. The van der Waals surface area contributed by atoms with Gasteiger partial charge in [-0.25, -0.2) is 4.79 Å². The summed E-state index contributed by atoms with van der Waals surface area (Å²) in [6.45, 7) is 5.73. The molecule has 43 heavy (non-hydrogen) atoms. The maximum atomic E-state index is 13.9. The number of pyridine rings is 1. The maximum Gasteiger partial charge on any atom is 0.417 e. The van der Waals surface area contributed by atoms with Crippen molar-refractivity contribution in [2.75, 3.05) is 6.61 Å². The van der Waals surface area contributed by atoms with Gasteiger partial charge in [0.2, 0.25) is 0 Å². The number of aryl methyl sites for hydroxylation is 2. The Morgan fingerprint density at radius 3 is 2.35 bits per heavy atom. The molecule has 7 nitrogen and oxygen atoms in total. The lowest BCUT2D eigenvalue weighted by Crippen LogP contribution is -2.29. The number of nitrogens with one attached hydrogen (secondary N) is 1. The minimum absolute atomic E-state index is 0.0159. The van der Waals surface area contributed by atoms with Gasteiger partial charge in [-0.05, 0) is 86.0 Å². The zero-order valence-electron chi connectivity index (χ0n) is 23.5. The number of hydrogen-bond donors (Lipinski definition) is 1. The summed E-state index contributed by atoms with van der Waals surface area (Å²) in [5.74, 6) is 0.388. The van der Waals surface area contributed by atoms with E-state index in [1.54, 1.807) is 55.5 Å². The molecule has 0 unspecified atom stereocenters. The van der Waals surface area contributed by atoms with Crippen LogP contribution in [0.25, 0.3) is 22.2 Å². The second-order valence-corrected chi connectivity index (χ2v) is 10.0. The van der Waals surface area contributed by atoms with E-state index in [1.165, 1.54) is 10.6 Å². The van der Waals surface area contributed by atoms with Crippen LogP contribution in [0, 0.1) is 25.2 Å². The topological polar surface area (TPSA) is 97.1 Å². The summed E-state index contributed by atoms with van der Waals surface area (Å²) < 4.78 is 54.0. The molecule has 0 bridgehead atoms. The van der Waals surface area contributed by atoms with E-state index in [-0.39, 0.29) is 18.8 Å². The molecule has 0 aliphatic rings. The smallest absolute Gasteiger partial charge is 0.417 e. The summed E-state index contributed by atoms with van der Waals surface area (Å²) in [5.41, 5.74) is 0.677. The van der Waals surface area contributed by atoms with Crippen molar-refractivity contribution in [3.05, 3.63) is 117 Å². The average molecular weight is 586 g/mol. The molecule has 0 saturated heterocycles. The Labute approximate surface area is 244 Å². The molecule has 0 radical (unpaired) electrons. The number of fused-ring (bicyclic) bond motifs is 1. The molecule has 218 valence electrons. The largest absolute Gasteiger partial charge is 0.461 e. The highest BCUT2D eigenvalue weighted by Gasteiger charge is 2.36. The molecule has 0 spiro atoms. The Morgan fingerprint density at radius 1 is 0.977 bits per heavy atom. The van der Waals surface area contributed by atoms with Gasteiger partial charge >= 0.3 is 12.1 Å². The lowest BCUT2D eigenvalue weighted by Gasteiger charge is -2.19. The second kappa shape index (κ2) is 11.5. The van der Waals surface area contributed by atoms with Gasteiger partial charge in [-0.15, -0.1) is 0 Å². The molecule has 2 heterocycles. The minimum Gasteiger partial charge on any atom is -0.461 e. The first-order valence-corrected chi connectivity index (χ1v) is 13.4. The lowest BCUT2D eigenvalue weighted by atomic mass is 10.0. The standard InChI is InChI=1S/C33H26F3N3O4/c1-4-42-32(41)29-14-22-9-12-25(15-28(22)38-29)43-24-10-7-21(8-11-24)30-16-27(33(34,35)36)26(17-37)31(40)39(30)18-23-6-5-19(2)13-20(23)3/h5-16,38H,4,18H2,1-3H3.